The average molecular weight is 281 g/mol. The molecule has 0 bridgehead atoms. The Morgan fingerprint density at radius 3 is 2.95 bits per heavy atom. The second-order valence-electron chi connectivity index (χ2n) is 4.61. The van der Waals surface area contributed by atoms with Crippen LogP contribution in [-0.2, 0) is 16.0 Å². The van der Waals surface area contributed by atoms with Crippen molar-refractivity contribution in [1.29, 1.82) is 0 Å². The minimum atomic E-state index is 0.00455. The monoisotopic (exact) mass is 280 g/mol. The number of unbranched alkanes of at least 4 members (excludes halogenated alkanes) is 1. The van der Waals surface area contributed by atoms with Crippen molar-refractivity contribution in [3.8, 4) is 0 Å². The van der Waals surface area contributed by atoms with Crippen LogP contribution in [0.3, 0.4) is 0 Å². The summed E-state index contributed by atoms with van der Waals surface area (Å²) in [7, 11) is 0. The van der Waals surface area contributed by atoms with Crippen LogP contribution in [0.2, 0.25) is 0 Å². The number of halogens is 1. The van der Waals surface area contributed by atoms with Gasteiger partial charge in [0, 0.05) is 30.1 Å². The molecular weight excluding hydrogens is 264 g/mol. The summed E-state index contributed by atoms with van der Waals surface area (Å²) in [6, 6.07) is 5.57. The zero-order chi connectivity index (χ0) is 13.7. The van der Waals surface area contributed by atoms with Gasteiger partial charge in [-0.1, -0.05) is 0 Å². The van der Waals surface area contributed by atoms with Crippen LogP contribution in [-0.4, -0.2) is 17.7 Å². The summed E-state index contributed by atoms with van der Waals surface area (Å²) in [4.78, 5) is 22.9. The van der Waals surface area contributed by atoms with Gasteiger partial charge >= 0.3 is 0 Å². The third kappa shape index (κ3) is 3.96. The first-order valence-corrected chi connectivity index (χ1v) is 7.01. The molecule has 5 heteroatoms. The van der Waals surface area contributed by atoms with Crippen molar-refractivity contribution in [2.75, 3.05) is 16.5 Å². The number of anilines is 2. The van der Waals surface area contributed by atoms with Crippen molar-refractivity contribution in [3.05, 3.63) is 23.8 Å². The highest BCUT2D eigenvalue weighted by molar-refractivity contribution is 6.17. The molecule has 1 aromatic rings. The molecule has 1 heterocycles. The smallest absolute Gasteiger partial charge is 0.224 e. The van der Waals surface area contributed by atoms with E-state index in [4.69, 9.17) is 11.6 Å². The average Bonchev–Trinajstić information content (AvgIpc) is 2.39. The number of amides is 2. The molecule has 19 heavy (non-hydrogen) atoms. The Kier molecular flexibility index (Phi) is 4.80. The number of nitrogens with one attached hydrogen (secondary N) is 2. The van der Waals surface area contributed by atoms with Crippen molar-refractivity contribution >= 4 is 34.8 Å². The molecule has 1 aromatic carbocycles. The van der Waals surface area contributed by atoms with Gasteiger partial charge in [0.15, 0.2) is 0 Å². The quantitative estimate of drug-likeness (QED) is 0.643. The van der Waals surface area contributed by atoms with E-state index in [2.05, 4.69) is 10.6 Å². The molecule has 2 amide bonds. The van der Waals surface area contributed by atoms with Crippen molar-refractivity contribution in [2.24, 2.45) is 0 Å². The van der Waals surface area contributed by atoms with Crippen LogP contribution >= 0.6 is 11.6 Å². The highest BCUT2D eigenvalue weighted by atomic mass is 35.5. The topological polar surface area (TPSA) is 58.2 Å². The van der Waals surface area contributed by atoms with Gasteiger partial charge in [-0.25, -0.2) is 0 Å². The third-order valence-corrected chi connectivity index (χ3v) is 3.34. The molecule has 102 valence electrons. The first kappa shape index (κ1) is 13.9. The first-order valence-electron chi connectivity index (χ1n) is 6.47. The van der Waals surface area contributed by atoms with Crippen LogP contribution in [0.25, 0.3) is 0 Å². The second-order valence-corrected chi connectivity index (χ2v) is 4.99. The van der Waals surface area contributed by atoms with Crippen molar-refractivity contribution in [2.45, 2.75) is 32.1 Å². The summed E-state index contributed by atoms with van der Waals surface area (Å²) in [6.45, 7) is 0. The van der Waals surface area contributed by atoms with Crippen LogP contribution in [0, 0.1) is 0 Å². The Hall–Kier alpha value is -1.55. The molecule has 2 rings (SSSR count). The van der Waals surface area contributed by atoms with E-state index in [1.54, 1.807) is 0 Å². The van der Waals surface area contributed by atoms with Crippen molar-refractivity contribution < 1.29 is 9.59 Å². The summed E-state index contributed by atoms with van der Waals surface area (Å²) in [6.07, 6.45) is 3.36. The molecular formula is C14H17ClN2O2. The fraction of sp³-hybridized carbons (Fsp3) is 0.429. The van der Waals surface area contributed by atoms with E-state index in [-0.39, 0.29) is 11.8 Å². The lowest BCUT2D eigenvalue weighted by Crippen LogP contribution is -2.19. The molecule has 0 atom stereocenters. The molecule has 0 aromatic heterocycles. The number of carbonyl (C=O) groups is 2. The number of carbonyl (C=O) groups excluding carboxylic acids is 2. The highest BCUT2D eigenvalue weighted by Gasteiger charge is 2.15. The standard InChI is InChI=1S/C14H17ClN2O2/c15-8-2-1-3-13(18)16-11-5-6-12-10(9-11)4-7-14(19)17-12/h5-6,9H,1-4,7-8H2,(H,16,18)(H,17,19). The van der Waals surface area contributed by atoms with Gasteiger partial charge in [-0.2, -0.15) is 0 Å². The van der Waals surface area contributed by atoms with Crippen LogP contribution in [0.15, 0.2) is 18.2 Å². The maximum Gasteiger partial charge on any atom is 0.224 e. The zero-order valence-electron chi connectivity index (χ0n) is 10.7. The Morgan fingerprint density at radius 1 is 1.32 bits per heavy atom. The van der Waals surface area contributed by atoms with Crippen LogP contribution < -0.4 is 10.6 Å². The fourth-order valence-corrected chi connectivity index (χ4v) is 2.25. The molecule has 0 saturated carbocycles. The lowest BCUT2D eigenvalue weighted by atomic mass is 10.0. The van der Waals surface area contributed by atoms with Gasteiger partial charge in [-0.05, 0) is 43.0 Å². The number of rotatable bonds is 5. The molecule has 0 aliphatic carbocycles. The summed E-state index contributed by atoms with van der Waals surface area (Å²) < 4.78 is 0. The van der Waals surface area contributed by atoms with E-state index in [1.807, 2.05) is 18.2 Å². The highest BCUT2D eigenvalue weighted by Crippen LogP contribution is 2.25. The molecule has 1 aliphatic rings. The molecule has 0 unspecified atom stereocenters. The number of hydrogen-bond acceptors (Lipinski definition) is 2. The van der Waals surface area contributed by atoms with Crippen molar-refractivity contribution in [3.63, 3.8) is 0 Å². The van der Waals surface area contributed by atoms with E-state index in [1.165, 1.54) is 0 Å². The SMILES string of the molecule is O=C(CCCCCl)Nc1ccc2c(c1)CCC(=O)N2. The normalized spacial score (nSPS) is 13.6. The largest absolute Gasteiger partial charge is 0.326 e. The van der Waals surface area contributed by atoms with Gasteiger partial charge in [-0.3, -0.25) is 9.59 Å². The molecule has 0 saturated heterocycles. The molecule has 2 N–H and O–H groups in total. The van der Waals surface area contributed by atoms with Gasteiger partial charge in [0.2, 0.25) is 11.8 Å². The van der Waals surface area contributed by atoms with Crippen molar-refractivity contribution in [1.82, 2.24) is 0 Å². The second kappa shape index (κ2) is 6.57. The lowest BCUT2D eigenvalue weighted by molar-refractivity contribution is -0.117. The van der Waals surface area contributed by atoms with Gasteiger partial charge < -0.3 is 10.6 Å². The lowest BCUT2D eigenvalue weighted by Gasteiger charge is -2.17. The minimum Gasteiger partial charge on any atom is -0.326 e. The summed E-state index contributed by atoms with van der Waals surface area (Å²) in [5, 5.41) is 5.68. The van der Waals surface area contributed by atoms with Crippen LogP contribution in [0.5, 0.6) is 0 Å². The Balaban J connectivity index is 1.95. The van der Waals surface area contributed by atoms with E-state index in [9.17, 15) is 9.59 Å². The maximum absolute atomic E-state index is 11.7. The maximum atomic E-state index is 11.7. The van der Waals surface area contributed by atoms with Gasteiger partial charge in [-0.15, -0.1) is 11.6 Å². The number of aryl methyl sites for hydroxylation is 1. The summed E-state index contributed by atoms with van der Waals surface area (Å²) >= 11 is 5.57. The van der Waals surface area contributed by atoms with Gasteiger partial charge in [0.25, 0.3) is 0 Å². The van der Waals surface area contributed by atoms with E-state index < -0.39 is 0 Å². The molecule has 0 fully saturated rings. The molecule has 1 aliphatic heterocycles. The zero-order valence-corrected chi connectivity index (χ0v) is 11.4. The molecule has 0 radical (unpaired) electrons. The number of benzene rings is 1. The predicted octanol–water partition coefficient (Wildman–Crippen LogP) is 2.92. The third-order valence-electron chi connectivity index (χ3n) is 3.07. The van der Waals surface area contributed by atoms with E-state index in [0.29, 0.717) is 18.7 Å². The van der Waals surface area contributed by atoms with E-state index in [0.717, 1.165) is 36.2 Å². The number of hydrogen-bond donors (Lipinski definition) is 2. The minimum absolute atomic E-state index is 0.00455. The van der Waals surface area contributed by atoms with E-state index >= 15 is 0 Å². The predicted molar refractivity (Wildman–Crippen MR) is 76.6 cm³/mol. The number of fused-ring (bicyclic) bond motifs is 1. The Bertz CT molecular complexity index is 488. The number of alkyl halides is 1. The van der Waals surface area contributed by atoms with Gasteiger partial charge in [0.05, 0.1) is 0 Å². The Labute approximate surface area is 117 Å². The summed E-state index contributed by atoms with van der Waals surface area (Å²) in [5.74, 6) is 0.640. The Morgan fingerprint density at radius 2 is 2.16 bits per heavy atom. The van der Waals surface area contributed by atoms with Crippen LogP contribution in [0.4, 0.5) is 11.4 Å². The first-order chi connectivity index (χ1) is 9.19. The molecule has 0 spiro atoms. The molecule has 4 nitrogen and oxygen atoms in total. The van der Waals surface area contributed by atoms with Gasteiger partial charge in [0.1, 0.15) is 0 Å². The van der Waals surface area contributed by atoms with Crippen LogP contribution in [0.1, 0.15) is 31.2 Å². The summed E-state index contributed by atoms with van der Waals surface area (Å²) in [5.41, 5.74) is 2.69. The fourth-order valence-electron chi connectivity index (χ4n) is 2.06.